The molecule has 1 N–H and O–H groups in total. The van der Waals surface area contributed by atoms with Crippen LogP contribution in [0.1, 0.15) is 49.2 Å². The van der Waals surface area contributed by atoms with Gasteiger partial charge in [-0.15, -0.1) is 0 Å². The second-order valence-corrected chi connectivity index (χ2v) is 8.33. The molecular formula is C20H21Cl2FN2O3. The number of nitrogens with zero attached hydrogens (tertiary/aromatic N) is 1. The predicted molar refractivity (Wildman–Crippen MR) is 106 cm³/mol. The Kier molecular flexibility index (Phi) is 6.36. The highest BCUT2D eigenvalue weighted by molar-refractivity contribution is 6.31. The van der Waals surface area contributed by atoms with Crippen LogP contribution in [0.5, 0.6) is 0 Å². The van der Waals surface area contributed by atoms with Gasteiger partial charge in [-0.25, -0.2) is 14.2 Å². The van der Waals surface area contributed by atoms with E-state index >= 15 is 0 Å². The maximum absolute atomic E-state index is 14.0. The molecule has 1 amide bonds. The average Bonchev–Trinajstić information content (AvgIpc) is 2.56. The van der Waals surface area contributed by atoms with Crippen LogP contribution in [0, 0.1) is 12.7 Å². The second kappa shape index (κ2) is 8.05. The molecule has 0 saturated carbocycles. The van der Waals surface area contributed by atoms with Gasteiger partial charge < -0.3 is 10.1 Å². The Morgan fingerprint density at radius 1 is 1.14 bits per heavy atom. The smallest absolute Gasteiger partial charge is 0.408 e. The molecule has 150 valence electrons. The summed E-state index contributed by atoms with van der Waals surface area (Å²) in [6.07, 6.45) is 0.574. The third kappa shape index (κ3) is 5.00. The lowest BCUT2D eigenvalue weighted by Gasteiger charge is -2.31. The largest absolute Gasteiger partial charge is 0.444 e. The second-order valence-electron chi connectivity index (χ2n) is 7.53. The van der Waals surface area contributed by atoms with Crippen molar-refractivity contribution in [2.24, 2.45) is 0 Å². The van der Waals surface area contributed by atoms with Crippen LogP contribution in [-0.2, 0) is 10.3 Å². The molecule has 0 fully saturated rings. The van der Waals surface area contributed by atoms with Crippen molar-refractivity contribution in [1.82, 2.24) is 10.3 Å². The van der Waals surface area contributed by atoms with Gasteiger partial charge in [0.1, 0.15) is 22.1 Å². The molecule has 1 aromatic heterocycles. The number of rotatable bonds is 4. The lowest BCUT2D eigenvalue weighted by atomic mass is 9.83. The van der Waals surface area contributed by atoms with Gasteiger partial charge in [-0.1, -0.05) is 29.3 Å². The van der Waals surface area contributed by atoms with E-state index in [-0.39, 0.29) is 15.7 Å². The number of ether oxygens (including phenoxy) is 1. The number of pyridine rings is 1. The molecule has 1 heterocycles. The van der Waals surface area contributed by atoms with Gasteiger partial charge in [0, 0.05) is 17.3 Å². The number of amides is 1. The fourth-order valence-corrected chi connectivity index (χ4v) is 2.93. The van der Waals surface area contributed by atoms with Crippen LogP contribution in [-0.4, -0.2) is 22.5 Å². The van der Waals surface area contributed by atoms with Gasteiger partial charge in [0.15, 0.2) is 5.78 Å². The highest BCUT2D eigenvalue weighted by Crippen LogP contribution is 2.30. The fourth-order valence-electron chi connectivity index (χ4n) is 2.60. The molecule has 28 heavy (non-hydrogen) atoms. The summed E-state index contributed by atoms with van der Waals surface area (Å²) >= 11 is 11.6. The number of alkyl carbamates (subject to hydrolysis) is 1. The van der Waals surface area contributed by atoms with E-state index in [9.17, 15) is 14.0 Å². The molecule has 0 spiro atoms. The van der Waals surface area contributed by atoms with Crippen molar-refractivity contribution < 1.29 is 18.7 Å². The zero-order valence-corrected chi connectivity index (χ0v) is 17.7. The number of aromatic nitrogens is 1. The van der Waals surface area contributed by atoms with Crippen LogP contribution in [0.2, 0.25) is 10.2 Å². The van der Waals surface area contributed by atoms with Gasteiger partial charge in [0.2, 0.25) is 0 Å². The predicted octanol–water partition coefficient (Wildman–Crippen LogP) is 5.46. The summed E-state index contributed by atoms with van der Waals surface area (Å²) in [5.74, 6) is -1.28. The Morgan fingerprint density at radius 2 is 1.79 bits per heavy atom. The number of halogens is 3. The first-order valence-electron chi connectivity index (χ1n) is 8.47. The molecule has 0 aliphatic rings. The molecule has 0 bridgehead atoms. The molecule has 1 unspecified atom stereocenters. The molecule has 0 saturated heterocycles. The highest BCUT2D eigenvalue weighted by atomic mass is 35.5. The van der Waals surface area contributed by atoms with Crippen LogP contribution >= 0.6 is 23.2 Å². The third-order valence-electron chi connectivity index (χ3n) is 4.02. The van der Waals surface area contributed by atoms with Crippen LogP contribution < -0.4 is 5.32 Å². The Morgan fingerprint density at radius 3 is 2.32 bits per heavy atom. The molecule has 0 aliphatic carbocycles. The first-order chi connectivity index (χ1) is 12.8. The maximum Gasteiger partial charge on any atom is 0.408 e. The first-order valence-corrected chi connectivity index (χ1v) is 9.23. The van der Waals surface area contributed by atoms with Crippen molar-refractivity contribution in [2.45, 2.75) is 45.8 Å². The summed E-state index contributed by atoms with van der Waals surface area (Å²) in [7, 11) is 0. The normalized spacial score (nSPS) is 13.6. The van der Waals surface area contributed by atoms with Crippen LogP contribution in [0.25, 0.3) is 0 Å². The standard InChI is InChI=1S/C20H21Cl2FN2O3/c1-11-8-14(21)15(23)9-13(11)17(26)20(5,12-6-7-16(22)24-10-12)25-18(27)28-19(2,3)4/h6-10H,1-5H3,(H,25,27). The Labute approximate surface area is 173 Å². The van der Waals surface area contributed by atoms with Crippen molar-refractivity contribution in [3.05, 3.63) is 63.1 Å². The van der Waals surface area contributed by atoms with Gasteiger partial charge in [-0.2, -0.15) is 0 Å². The number of hydrogen-bond acceptors (Lipinski definition) is 4. The SMILES string of the molecule is Cc1cc(Cl)c(F)cc1C(=O)C(C)(NC(=O)OC(C)(C)C)c1ccc(Cl)nc1. The molecule has 0 radical (unpaired) electrons. The minimum atomic E-state index is -1.58. The number of carbonyl (C=O) groups is 2. The van der Waals surface area contributed by atoms with Gasteiger partial charge >= 0.3 is 6.09 Å². The number of carbonyl (C=O) groups excluding carboxylic acids is 2. The summed E-state index contributed by atoms with van der Waals surface area (Å²) in [5.41, 5.74) is -1.44. The lowest BCUT2D eigenvalue weighted by molar-refractivity contribution is 0.0440. The van der Waals surface area contributed by atoms with Gasteiger partial charge in [-0.3, -0.25) is 4.79 Å². The number of ketones is 1. The monoisotopic (exact) mass is 426 g/mol. The third-order valence-corrected chi connectivity index (χ3v) is 4.53. The Balaban J connectivity index is 2.54. The molecule has 2 rings (SSSR count). The van der Waals surface area contributed by atoms with Crippen LogP contribution in [0.3, 0.4) is 0 Å². The number of hydrogen-bond donors (Lipinski definition) is 1. The van der Waals surface area contributed by atoms with Crippen molar-refractivity contribution in [3.8, 4) is 0 Å². The number of Topliss-reactive ketones (excluding diaryl/α,β-unsaturated/α-hetero) is 1. The zero-order chi connectivity index (χ0) is 21.3. The summed E-state index contributed by atoms with van der Waals surface area (Å²) in [5, 5.41) is 2.73. The summed E-state index contributed by atoms with van der Waals surface area (Å²) in [6.45, 7) is 8.24. The van der Waals surface area contributed by atoms with Crippen molar-refractivity contribution in [1.29, 1.82) is 0 Å². The van der Waals surface area contributed by atoms with E-state index in [0.717, 1.165) is 6.07 Å². The summed E-state index contributed by atoms with van der Waals surface area (Å²) in [6, 6.07) is 5.47. The first kappa shape index (κ1) is 22.1. The van der Waals surface area contributed by atoms with Gasteiger partial charge in [0.05, 0.1) is 5.02 Å². The maximum atomic E-state index is 14.0. The number of benzene rings is 1. The molecular weight excluding hydrogens is 406 g/mol. The Bertz CT molecular complexity index is 911. The number of aryl methyl sites for hydroxylation is 1. The minimum absolute atomic E-state index is 0.0791. The van der Waals surface area contributed by atoms with Crippen LogP contribution in [0.15, 0.2) is 30.5 Å². The summed E-state index contributed by atoms with van der Waals surface area (Å²) < 4.78 is 19.3. The Hall–Kier alpha value is -2.18. The number of nitrogens with one attached hydrogen (secondary N) is 1. The van der Waals surface area contributed by atoms with Crippen LogP contribution in [0.4, 0.5) is 9.18 Å². The van der Waals surface area contributed by atoms with Crippen molar-refractivity contribution >= 4 is 35.1 Å². The molecule has 8 heteroatoms. The lowest BCUT2D eigenvalue weighted by Crippen LogP contribution is -2.51. The molecule has 1 aromatic carbocycles. The van der Waals surface area contributed by atoms with E-state index in [0.29, 0.717) is 11.1 Å². The molecule has 0 aliphatic heterocycles. The molecule has 5 nitrogen and oxygen atoms in total. The minimum Gasteiger partial charge on any atom is -0.444 e. The van der Waals surface area contributed by atoms with E-state index in [1.165, 1.54) is 25.3 Å². The topological polar surface area (TPSA) is 68.3 Å². The van der Waals surface area contributed by atoms with Gasteiger partial charge in [-0.05, 0) is 58.4 Å². The van der Waals surface area contributed by atoms with Crippen molar-refractivity contribution in [3.63, 3.8) is 0 Å². The molecule has 2 aromatic rings. The van der Waals surface area contributed by atoms with E-state index in [4.69, 9.17) is 27.9 Å². The van der Waals surface area contributed by atoms with E-state index in [1.54, 1.807) is 33.8 Å². The fraction of sp³-hybridized carbons (Fsp3) is 0.350. The van der Waals surface area contributed by atoms with E-state index < -0.39 is 28.8 Å². The van der Waals surface area contributed by atoms with E-state index in [1.807, 2.05) is 0 Å². The quantitative estimate of drug-likeness (QED) is 0.520. The zero-order valence-electron chi connectivity index (χ0n) is 16.2. The van der Waals surface area contributed by atoms with E-state index in [2.05, 4.69) is 10.3 Å². The van der Waals surface area contributed by atoms with Crippen molar-refractivity contribution in [2.75, 3.05) is 0 Å². The highest BCUT2D eigenvalue weighted by Gasteiger charge is 2.40. The average molecular weight is 427 g/mol. The summed E-state index contributed by atoms with van der Waals surface area (Å²) in [4.78, 5) is 29.8. The molecule has 1 atom stereocenters. The van der Waals surface area contributed by atoms with Gasteiger partial charge in [0.25, 0.3) is 0 Å².